The van der Waals surface area contributed by atoms with Gasteiger partial charge in [0.2, 0.25) is 26.0 Å². The molecule has 1 fully saturated rings. The Kier molecular flexibility index (Phi) is 9.65. The van der Waals surface area contributed by atoms with E-state index in [0.717, 1.165) is 15.4 Å². The molecule has 0 unspecified atom stereocenters. The zero-order valence-electron chi connectivity index (χ0n) is 21.0. The normalized spacial score (nSPS) is 15.8. The van der Waals surface area contributed by atoms with Gasteiger partial charge < -0.3 is 9.64 Å². The van der Waals surface area contributed by atoms with Crippen molar-refractivity contribution in [2.45, 2.75) is 37.2 Å². The van der Waals surface area contributed by atoms with Crippen LogP contribution in [0.25, 0.3) is 0 Å². The van der Waals surface area contributed by atoms with Crippen molar-refractivity contribution in [2.24, 2.45) is 0 Å². The summed E-state index contributed by atoms with van der Waals surface area (Å²) in [6.07, 6.45) is 2.15. The fraction of sp³-hybridized carbons (Fsp3) is 0.480. The molecule has 1 amide bonds. The van der Waals surface area contributed by atoms with Gasteiger partial charge in [0.05, 0.1) is 24.3 Å². The molecule has 36 heavy (non-hydrogen) atoms. The molecule has 0 bridgehead atoms. The number of sulfonamides is 2. The Hall–Kier alpha value is -2.31. The first-order chi connectivity index (χ1) is 17.0. The number of carbonyl (C=O) groups is 1. The van der Waals surface area contributed by atoms with Gasteiger partial charge in [-0.2, -0.15) is 4.31 Å². The summed E-state index contributed by atoms with van der Waals surface area (Å²) in [7, 11) is -5.75. The van der Waals surface area contributed by atoms with Gasteiger partial charge in [-0.15, -0.1) is 0 Å². The van der Waals surface area contributed by atoms with Crippen molar-refractivity contribution in [3.05, 3.63) is 65.7 Å². The minimum absolute atomic E-state index is 0.0321. The summed E-state index contributed by atoms with van der Waals surface area (Å²) in [6.45, 7) is 2.77. The average molecular weight is 538 g/mol. The molecule has 9 nitrogen and oxygen atoms in total. The summed E-state index contributed by atoms with van der Waals surface area (Å²) in [6, 6.07) is 15.6. The Morgan fingerprint density at radius 2 is 1.61 bits per heavy atom. The van der Waals surface area contributed by atoms with E-state index in [1.807, 2.05) is 31.2 Å². The van der Waals surface area contributed by atoms with Gasteiger partial charge in [0.25, 0.3) is 0 Å². The minimum Gasteiger partial charge on any atom is -0.383 e. The summed E-state index contributed by atoms with van der Waals surface area (Å²) in [5.41, 5.74) is 2.02. The van der Waals surface area contributed by atoms with E-state index in [2.05, 4.69) is 0 Å². The molecule has 0 saturated carbocycles. The number of hydrogen-bond donors (Lipinski definition) is 0. The molecule has 1 saturated heterocycles. The highest BCUT2D eigenvalue weighted by Crippen LogP contribution is 2.23. The first kappa shape index (κ1) is 28.3. The predicted molar refractivity (Wildman–Crippen MR) is 138 cm³/mol. The van der Waals surface area contributed by atoms with Gasteiger partial charge in [-0.3, -0.25) is 4.79 Å². The van der Waals surface area contributed by atoms with Crippen LogP contribution in [0.1, 0.15) is 24.0 Å². The largest absolute Gasteiger partial charge is 0.383 e. The smallest absolute Gasteiger partial charge is 0.243 e. The van der Waals surface area contributed by atoms with Gasteiger partial charge in [0.15, 0.2) is 0 Å². The molecule has 3 rings (SSSR count). The SMILES string of the molecule is COCCN(CC(=O)N(Cc1ccc(C)cc1)C1CCN(S(C)(=O)=O)CC1)S(=O)(=O)c1ccccc1. The van der Waals surface area contributed by atoms with Crippen LogP contribution in [-0.2, 0) is 36.1 Å². The Labute approximate surface area is 214 Å². The van der Waals surface area contributed by atoms with E-state index in [9.17, 15) is 21.6 Å². The number of ether oxygens (including phenoxy) is 1. The molecule has 1 heterocycles. The Morgan fingerprint density at radius 1 is 1.00 bits per heavy atom. The fourth-order valence-electron chi connectivity index (χ4n) is 4.26. The molecule has 198 valence electrons. The van der Waals surface area contributed by atoms with Crippen LogP contribution in [0.4, 0.5) is 0 Å². The minimum atomic E-state index is -3.92. The molecule has 0 N–H and O–H groups in total. The first-order valence-electron chi connectivity index (χ1n) is 11.9. The van der Waals surface area contributed by atoms with Crippen molar-refractivity contribution < 1.29 is 26.4 Å². The standard InChI is InChI=1S/C25H35N3O6S2/c1-21-9-11-22(12-10-21)19-28(23-13-15-26(16-14-23)35(3,30)31)25(29)20-27(17-18-34-2)36(32,33)24-7-5-4-6-8-24/h4-12,23H,13-20H2,1-3H3. The molecule has 0 atom stereocenters. The Balaban J connectivity index is 1.86. The van der Waals surface area contributed by atoms with Crippen LogP contribution in [-0.4, -0.2) is 88.4 Å². The second-order valence-corrected chi connectivity index (χ2v) is 13.0. The lowest BCUT2D eigenvalue weighted by Crippen LogP contribution is -2.51. The van der Waals surface area contributed by atoms with Crippen LogP contribution >= 0.6 is 0 Å². The maximum atomic E-state index is 13.7. The lowest BCUT2D eigenvalue weighted by atomic mass is 10.0. The van der Waals surface area contributed by atoms with Crippen molar-refractivity contribution in [1.29, 1.82) is 0 Å². The van der Waals surface area contributed by atoms with Gasteiger partial charge in [-0.25, -0.2) is 21.1 Å². The third-order valence-corrected chi connectivity index (χ3v) is 9.53. The van der Waals surface area contributed by atoms with Gasteiger partial charge in [0, 0.05) is 39.3 Å². The van der Waals surface area contributed by atoms with E-state index in [0.29, 0.717) is 32.5 Å². The van der Waals surface area contributed by atoms with Crippen LogP contribution in [0.2, 0.25) is 0 Å². The van der Waals surface area contributed by atoms with Gasteiger partial charge >= 0.3 is 0 Å². The van der Waals surface area contributed by atoms with E-state index in [1.54, 1.807) is 23.1 Å². The number of aryl methyl sites for hydroxylation is 1. The van der Waals surface area contributed by atoms with Gasteiger partial charge in [-0.05, 0) is 37.5 Å². The first-order valence-corrected chi connectivity index (χ1v) is 15.2. The maximum absolute atomic E-state index is 13.7. The molecule has 2 aromatic rings. The zero-order valence-corrected chi connectivity index (χ0v) is 22.7. The number of rotatable bonds is 11. The monoisotopic (exact) mass is 537 g/mol. The topological polar surface area (TPSA) is 104 Å². The van der Waals surface area contributed by atoms with E-state index in [1.165, 1.54) is 29.8 Å². The van der Waals surface area contributed by atoms with Crippen molar-refractivity contribution >= 4 is 26.0 Å². The Bertz CT molecular complexity index is 1210. The number of hydrogen-bond acceptors (Lipinski definition) is 6. The number of methoxy groups -OCH3 is 1. The van der Waals surface area contributed by atoms with Crippen LogP contribution < -0.4 is 0 Å². The third kappa shape index (κ3) is 7.36. The van der Waals surface area contributed by atoms with E-state index >= 15 is 0 Å². The van der Waals surface area contributed by atoms with E-state index < -0.39 is 20.0 Å². The average Bonchev–Trinajstić information content (AvgIpc) is 2.86. The van der Waals surface area contributed by atoms with Crippen molar-refractivity contribution in [1.82, 2.24) is 13.5 Å². The van der Waals surface area contributed by atoms with Gasteiger partial charge in [0.1, 0.15) is 0 Å². The number of benzene rings is 2. The molecule has 0 spiro atoms. The third-order valence-electron chi connectivity index (χ3n) is 6.36. The predicted octanol–water partition coefficient (Wildman–Crippen LogP) is 2.08. The number of carbonyl (C=O) groups excluding carboxylic acids is 1. The fourth-order valence-corrected chi connectivity index (χ4v) is 6.53. The number of piperidine rings is 1. The molecule has 0 aromatic heterocycles. The van der Waals surface area contributed by atoms with Crippen molar-refractivity contribution in [2.75, 3.05) is 46.2 Å². The van der Waals surface area contributed by atoms with Crippen molar-refractivity contribution in [3.63, 3.8) is 0 Å². The van der Waals surface area contributed by atoms with Crippen LogP contribution in [0.15, 0.2) is 59.5 Å². The summed E-state index contributed by atoms with van der Waals surface area (Å²) in [5.74, 6) is -0.330. The summed E-state index contributed by atoms with van der Waals surface area (Å²) in [4.78, 5) is 15.5. The second-order valence-electron chi connectivity index (χ2n) is 9.04. The van der Waals surface area contributed by atoms with E-state index in [-0.39, 0.29) is 36.5 Å². The molecule has 0 aliphatic carbocycles. The number of amides is 1. The van der Waals surface area contributed by atoms with Crippen LogP contribution in [0.5, 0.6) is 0 Å². The molecule has 2 aromatic carbocycles. The zero-order chi connectivity index (χ0) is 26.3. The van der Waals surface area contributed by atoms with Crippen LogP contribution in [0, 0.1) is 6.92 Å². The molecular weight excluding hydrogens is 502 g/mol. The Morgan fingerprint density at radius 3 is 2.17 bits per heavy atom. The molecule has 1 aliphatic heterocycles. The summed E-state index contributed by atoms with van der Waals surface area (Å²) >= 11 is 0. The molecule has 11 heteroatoms. The lowest BCUT2D eigenvalue weighted by Gasteiger charge is -2.38. The van der Waals surface area contributed by atoms with Gasteiger partial charge in [-0.1, -0.05) is 48.0 Å². The highest BCUT2D eigenvalue weighted by molar-refractivity contribution is 7.89. The highest BCUT2D eigenvalue weighted by atomic mass is 32.2. The quantitative estimate of drug-likeness (QED) is 0.435. The molecule has 1 aliphatic rings. The lowest BCUT2D eigenvalue weighted by molar-refractivity contribution is -0.135. The highest BCUT2D eigenvalue weighted by Gasteiger charge is 2.34. The molecule has 0 radical (unpaired) electrons. The molecular formula is C25H35N3O6S2. The summed E-state index contributed by atoms with van der Waals surface area (Å²) in [5, 5.41) is 0. The van der Waals surface area contributed by atoms with Crippen molar-refractivity contribution in [3.8, 4) is 0 Å². The maximum Gasteiger partial charge on any atom is 0.243 e. The van der Waals surface area contributed by atoms with E-state index in [4.69, 9.17) is 4.74 Å². The van der Waals surface area contributed by atoms with Crippen LogP contribution in [0.3, 0.4) is 0 Å². The summed E-state index contributed by atoms with van der Waals surface area (Å²) < 4.78 is 58.3. The number of nitrogens with zero attached hydrogens (tertiary/aromatic N) is 3. The second kappa shape index (κ2) is 12.3.